The van der Waals surface area contributed by atoms with E-state index in [9.17, 15) is 1.37 Å². The van der Waals surface area contributed by atoms with Crippen LogP contribution in [0, 0.1) is 18.3 Å². The van der Waals surface area contributed by atoms with Crippen LogP contribution in [-0.2, 0) is 0 Å². The number of fused-ring (bicyclic) bond motifs is 3. The summed E-state index contributed by atoms with van der Waals surface area (Å²) in [5.41, 5.74) is 5.33. The van der Waals surface area contributed by atoms with Crippen molar-refractivity contribution in [2.45, 2.75) is 84.6 Å². The Morgan fingerprint density at radius 1 is 0.931 bits per heavy atom. The highest BCUT2D eigenvalue weighted by Crippen LogP contribution is 2.59. The first-order valence-corrected chi connectivity index (χ1v) is 11.5. The van der Waals surface area contributed by atoms with Gasteiger partial charge in [-0.3, -0.25) is 4.90 Å². The van der Waals surface area contributed by atoms with Crippen LogP contribution in [0.3, 0.4) is 0 Å². The molecule has 0 spiro atoms. The average Bonchev–Trinajstić information content (AvgIpc) is 3.39. The Hall–Kier alpha value is -1.80. The molecular formula is C27H36N2. The molecular weight excluding hydrogens is 352 g/mol. The van der Waals surface area contributed by atoms with Crippen LogP contribution in [0.15, 0.2) is 48.5 Å². The van der Waals surface area contributed by atoms with Crippen LogP contribution in [0.4, 0.5) is 5.69 Å². The maximum absolute atomic E-state index is 10.1. The van der Waals surface area contributed by atoms with Gasteiger partial charge in [0.2, 0.25) is 0 Å². The Kier molecular flexibility index (Phi) is 4.27. The quantitative estimate of drug-likeness (QED) is 0.553. The lowest BCUT2D eigenvalue weighted by Gasteiger charge is -2.45. The Morgan fingerprint density at radius 3 is 2.21 bits per heavy atom. The smallest absolute Gasteiger partial charge is 0.0884 e. The summed E-state index contributed by atoms with van der Waals surface area (Å²) in [4.78, 5) is 5.28. The summed E-state index contributed by atoms with van der Waals surface area (Å²) >= 11 is 0. The van der Waals surface area contributed by atoms with Crippen LogP contribution in [0.5, 0.6) is 0 Å². The van der Waals surface area contributed by atoms with Crippen molar-refractivity contribution in [2.75, 3.05) is 4.90 Å². The lowest BCUT2D eigenvalue weighted by molar-refractivity contribution is 0.0518. The molecule has 0 radical (unpaired) electrons. The molecule has 2 heterocycles. The normalized spacial score (nSPS) is 33.1. The molecule has 1 aliphatic carbocycles. The minimum absolute atomic E-state index is 0.0260. The van der Waals surface area contributed by atoms with Crippen LogP contribution in [0.2, 0.25) is 0 Å². The summed E-state index contributed by atoms with van der Waals surface area (Å²) in [6.07, 6.45) is 5.07. The molecule has 0 bridgehead atoms. The van der Waals surface area contributed by atoms with Crippen molar-refractivity contribution >= 4 is 5.69 Å². The van der Waals surface area contributed by atoms with Gasteiger partial charge in [0.1, 0.15) is 0 Å². The van der Waals surface area contributed by atoms with Gasteiger partial charge in [0.15, 0.2) is 0 Å². The molecule has 2 aliphatic heterocycles. The van der Waals surface area contributed by atoms with Gasteiger partial charge in [-0.2, -0.15) is 0 Å². The van der Waals surface area contributed by atoms with Gasteiger partial charge in [0.25, 0.3) is 0 Å². The summed E-state index contributed by atoms with van der Waals surface area (Å²) in [6.45, 7) is 11.7. The van der Waals surface area contributed by atoms with E-state index in [0.717, 1.165) is 0 Å². The zero-order valence-electron chi connectivity index (χ0n) is 19.7. The van der Waals surface area contributed by atoms with Crippen molar-refractivity contribution in [1.82, 2.24) is 4.90 Å². The summed E-state index contributed by atoms with van der Waals surface area (Å²) in [5, 5.41) is 0. The van der Waals surface area contributed by atoms with E-state index in [0.29, 0.717) is 12.0 Å². The Morgan fingerprint density at radius 2 is 1.55 bits per heavy atom. The molecule has 2 heteroatoms. The maximum atomic E-state index is 10.1. The molecule has 2 fully saturated rings. The summed E-state index contributed by atoms with van der Waals surface area (Å²) in [5.74, 6) is 0.414. The second kappa shape index (κ2) is 6.87. The largest absolute Gasteiger partial charge is 0.350 e. The molecule has 1 saturated heterocycles. The molecule has 3 unspecified atom stereocenters. The molecule has 0 N–H and O–H groups in total. The van der Waals surface area contributed by atoms with Gasteiger partial charge >= 0.3 is 0 Å². The van der Waals surface area contributed by atoms with Crippen LogP contribution in [-0.4, -0.2) is 17.1 Å². The van der Waals surface area contributed by atoms with Gasteiger partial charge in [-0.05, 0) is 60.8 Å². The molecule has 2 aromatic carbocycles. The molecule has 4 atom stereocenters. The zero-order valence-corrected chi connectivity index (χ0v) is 18.7. The van der Waals surface area contributed by atoms with Crippen LogP contribution in [0.1, 0.15) is 83.5 Å². The fourth-order valence-electron chi connectivity index (χ4n) is 6.38. The van der Waals surface area contributed by atoms with Crippen LogP contribution < -0.4 is 4.90 Å². The van der Waals surface area contributed by atoms with E-state index < -0.39 is 6.02 Å². The second-order valence-corrected chi connectivity index (χ2v) is 10.5. The predicted octanol–water partition coefficient (Wildman–Crippen LogP) is 6.86. The van der Waals surface area contributed by atoms with Crippen molar-refractivity contribution in [3.05, 3.63) is 65.2 Å². The third-order valence-corrected chi connectivity index (χ3v) is 7.47. The molecule has 2 nitrogen and oxygen atoms in total. The van der Waals surface area contributed by atoms with Crippen LogP contribution >= 0.6 is 0 Å². The first-order valence-electron chi connectivity index (χ1n) is 12.0. The first-order chi connectivity index (χ1) is 14.3. The topological polar surface area (TPSA) is 6.48 Å². The van der Waals surface area contributed by atoms with E-state index in [4.69, 9.17) is 0 Å². The van der Waals surface area contributed by atoms with Gasteiger partial charge in [-0.1, -0.05) is 76.1 Å². The highest BCUT2D eigenvalue weighted by atomic mass is 15.5. The van der Waals surface area contributed by atoms with Crippen molar-refractivity contribution in [3.8, 4) is 0 Å². The molecule has 29 heavy (non-hydrogen) atoms. The minimum atomic E-state index is -0.637. The van der Waals surface area contributed by atoms with Crippen molar-refractivity contribution in [3.63, 3.8) is 0 Å². The van der Waals surface area contributed by atoms with E-state index in [1.54, 1.807) is 0 Å². The number of aryl methyl sites for hydroxylation is 1. The van der Waals surface area contributed by atoms with E-state index in [-0.39, 0.29) is 17.6 Å². The third-order valence-electron chi connectivity index (χ3n) is 7.47. The number of para-hydroxylation sites is 1. The Balaban J connectivity index is 1.74. The summed E-state index contributed by atoms with van der Waals surface area (Å²) in [6, 6.07) is 17.6. The highest BCUT2D eigenvalue weighted by Gasteiger charge is 2.58. The van der Waals surface area contributed by atoms with Crippen molar-refractivity contribution < 1.29 is 1.37 Å². The standard InChI is InChI=1S/C27H36N2/c1-18-12-6-11-17-23(18)28-19(2)24-21-15-9-10-16-22(21)25(20-13-7-8-14-20)29(24)26(28)27(3,4)5/h6,9-12,15-17,19-20,24-26H,7-8,13-14H2,1-5H3/t19-,24?,25?,26?/m0/s1/i25D. The number of nitrogens with zero attached hydrogens (tertiary/aromatic N) is 2. The van der Waals surface area contributed by atoms with Gasteiger partial charge in [-0.25, -0.2) is 0 Å². The van der Waals surface area contributed by atoms with Crippen LogP contribution in [0.25, 0.3) is 0 Å². The Bertz CT molecular complexity index is 942. The number of anilines is 1. The van der Waals surface area contributed by atoms with Gasteiger partial charge in [-0.15, -0.1) is 0 Å². The minimum Gasteiger partial charge on any atom is -0.350 e. The van der Waals surface area contributed by atoms with E-state index >= 15 is 0 Å². The van der Waals surface area contributed by atoms with Crippen molar-refractivity contribution in [1.29, 1.82) is 0 Å². The number of rotatable bonds is 2. The molecule has 1 saturated carbocycles. The second-order valence-electron chi connectivity index (χ2n) is 10.5. The van der Waals surface area contributed by atoms with E-state index in [1.807, 2.05) is 0 Å². The van der Waals surface area contributed by atoms with E-state index in [1.165, 1.54) is 48.1 Å². The van der Waals surface area contributed by atoms with Gasteiger partial charge in [0, 0.05) is 17.7 Å². The zero-order chi connectivity index (χ0) is 21.3. The van der Waals surface area contributed by atoms with Gasteiger partial charge in [0.05, 0.1) is 13.6 Å². The molecule has 154 valence electrons. The highest BCUT2D eigenvalue weighted by molar-refractivity contribution is 5.58. The average molecular weight is 390 g/mol. The molecule has 3 aliphatic rings. The fourth-order valence-corrected chi connectivity index (χ4v) is 6.38. The summed E-state index contributed by atoms with van der Waals surface area (Å²) in [7, 11) is 0. The maximum Gasteiger partial charge on any atom is 0.0884 e. The number of benzene rings is 2. The molecule has 2 aromatic rings. The number of hydrogen-bond donors (Lipinski definition) is 0. The predicted molar refractivity (Wildman–Crippen MR) is 122 cm³/mol. The SMILES string of the molecule is [2H]C1(C2CCCC2)c2ccccc2C2[C@H](C)N(c3ccccc3C)C(C(C)(C)C)N21. The fraction of sp³-hybridized carbons (Fsp3) is 0.556. The molecule has 0 amide bonds. The lowest BCUT2D eigenvalue weighted by atomic mass is 9.86. The molecule has 0 aromatic heterocycles. The lowest BCUT2D eigenvalue weighted by Crippen LogP contribution is -2.50. The Labute approximate surface area is 178 Å². The number of hydrogen-bond acceptors (Lipinski definition) is 2. The first kappa shape index (κ1) is 18.0. The molecule has 5 rings (SSSR count). The summed E-state index contributed by atoms with van der Waals surface area (Å²) < 4.78 is 10.1. The third kappa shape index (κ3) is 2.86. The monoisotopic (exact) mass is 389 g/mol. The van der Waals surface area contributed by atoms with Gasteiger partial charge < -0.3 is 4.90 Å². The van der Waals surface area contributed by atoms with Crippen molar-refractivity contribution in [2.24, 2.45) is 11.3 Å². The van der Waals surface area contributed by atoms with E-state index in [2.05, 4.69) is 92.9 Å².